The van der Waals surface area contributed by atoms with Crippen LogP contribution in [0.3, 0.4) is 0 Å². The molecule has 1 aromatic rings. The maximum atomic E-state index is 10.6. The van der Waals surface area contributed by atoms with E-state index < -0.39 is 10.0 Å². The van der Waals surface area contributed by atoms with Crippen LogP contribution in [0.2, 0.25) is 0 Å². The molecule has 0 spiro atoms. The normalized spacial score (nSPS) is 11.1. The lowest BCUT2D eigenvalue weighted by molar-refractivity contribution is 0.598. The van der Waals surface area contributed by atoms with Crippen LogP contribution >= 0.6 is 0 Å². The Hall–Kier alpha value is -1.41. The van der Waals surface area contributed by atoms with Gasteiger partial charge < -0.3 is 10.6 Å². The Morgan fingerprint density at radius 1 is 1.40 bits per heavy atom. The third-order valence-corrected chi connectivity index (χ3v) is 2.36. The van der Waals surface area contributed by atoms with Crippen molar-refractivity contribution in [2.75, 3.05) is 30.0 Å². The number of sulfonamides is 1. The second-order valence-electron chi connectivity index (χ2n) is 2.83. The lowest BCUT2D eigenvalue weighted by Crippen LogP contribution is -2.22. The minimum absolute atomic E-state index is 0.140. The first-order valence-corrected chi connectivity index (χ1v) is 5.97. The first kappa shape index (κ1) is 11.7. The summed E-state index contributed by atoms with van der Waals surface area (Å²) in [5, 5.41) is 10.5. The molecule has 0 atom stereocenters. The summed E-state index contributed by atoms with van der Waals surface area (Å²) in [5.74, 6) is 0.972. The van der Waals surface area contributed by atoms with Crippen molar-refractivity contribution in [3.8, 4) is 0 Å². The summed E-state index contributed by atoms with van der Waals surface area (Å²) in [7, 11) is -1.72. The van der Waals surface area contributed by atoms with Crippen molar-refractivity contribution < 1.29 is 8.42 Å². The third-order valence-electron chi connectivity index (χ3n) is 1.58. The molecule has 84 valence electrons. The van der Waals surface area contributed by atoms with Gasteiger partial charge in [0.2, 0.25) is 10.0 Å². The van der Waals surface area contributed by atoms with Crippen molar-refractivity contribution in [3.05, 3.63) is 12.4 Å². The summed E-state index contributed by atoms with van der Waals surface area (Å²) in [5.41, 5.74) is 0. The highest BCUT2D eigenvalue weighted by Crippen LogP contribution is 2.04. The van der Waals surface area contributed by atoms with Crippen LogP contribution < -0.4 is 15.8 Å². The highest BCUT2D eigenvalue weighted by Gasteiger charge is 2.02. The number of nitrogens with two attached hydrogens (primary N) is 1. The van der Waals surface area contributed by atoms with Gasteiger partial charge in [0.25, 0.3) is 0 Å². The first-order chi connectivity index (χ1) is 7.01. The molecule has 8 heteroatoms. The molecule has 0 aliphatic rings. The summed E-state index contributed by atoms with van der Waals surface area (Å²) < 4.78 is 21.3. The summed E-state index contributed by atoms with van der Waals surface area (Å²) in [6, 6.07) is 0. The lowest BCUT2D eigenvalue weighted by atomic mass is 10.6. The van der Waals surface area contributed by atoms with E-state index >= 15 is 0 Å². The topological polar surface area (TPSA) is 110 Å². The van der Waals surface area contributed by atoms with Gasteiger partial charge in [0.05, 0.1) is 18.1 Å². The molecule has 0 aromatic carbocycles. The number of nitrogens with one attached hydrogen (secondary N) is 2. The molecule has 0 saturated heterocycles. The number of anilines is 2. The molecular formula is C7H13N5O2S. The Morgan fingerprint density at radius 3 is 2.67 bits per heavy atom. The zero-order valence-electron chi connectivity index (χ0n) is 8.27. The Morgan fingerprint density at radius 2 is 2.07 bits per heavy atom. The zero-order valence-corrected chi connectivity index (χ0v) is 9.08. The van der Waals surface area contributed by atoms with E-state index in [1.807, 2.05) is 0 Å². The Bertz CT molecular complexity index is 419. The minimum Gasteiger partial charge on any atom is -0.372 e. The van der Waals surface area contributed by atoms with Gasteiger partial charge in [-0.05, 0) is 0 Å². The van der Waals surface area contributed by atoms with Gasteiger partial charge in [0.1, 0.15) is 11.6 Å². The summed E-state index contributed by atoms with van der Waals surface area (Å²) in [6.45, 7) is 0.209. The molecule has 0 aliphatic carbocycles. The highest BCUT2D eigenvalue weighted by molar-refractivity contribution is 7.89. The number of hydrogen-bond donors (Lipinski definition) is 3. The fraction of sp³-hybridized carbons (Fsp3) is 0.429. The van der Waals surface area contributed by atoms with Crippen LogP contribution in [-0.2, 0) is 10.0 Å². The van der Waals surface area contributed by atoms with Gasteiger partial charge in [-0.2, -0.15) is 0 Å². The number of aromatic nitrogens is 2. The van der Waals surface area contributed by atoms with Gasteiger partial charge >= 0.3 is 0 Å². The molecule has 0 amide bonds. The summed E-state index contributed by atoms with van der Waals surface area (Å²) in [6.07, 6.45) is 3.06. The van der Waals surface area contributed by atoms with Gasteiger partial charge in [-0.1, -0.05) is 0 Å². The van der Waals surface area contributed by atoms with Gasteiger partial charge in [-0.15, -0.1) is 0 Å². The van der Waals surface area contributed by atoms with Crippen LogP contribution in [0, 0.1) is 0 Å². The second kappa shape index (κ2) is 4.89. The van der Waals surface area contributed by atoms with Crippen molar-refractivity contribution in [2.24, 2.45) is 5.14 Å². The van der Waals surface area contributed by atoms with E-state index in [-0.39, 0.29) is 12.3 Å². The van der Waals surface area contributed by atoms with E-state index in [0.29, 0.717) is 11.6 Å². The molecule has 4 N–H and O–H groups in total. The van der Waals surface area contributed by atoms with E-state index in [1.165, 1.54) is 6.20 Å². The maximum absolute atomic E-state index is 10.6. The number of hydrogen-bond acceptors (Lipinski definition) is 6. The fourth-order valence-corrected chi connectivity index (χ4v) is 1.28. The predicted octanol–water partition coefficient (Wildman–Crippen LogP) is -0.781. The molecule has 0 radical (unpaired) electrons. The molecule has 0 bridgehead atoms. The third kappa shape index (κ3) is 4.56. The fourth-order valence-electron chi connectivity index (χ4n) is 0.893. The Balaban J connectivity index is 2.51. The maximum Gasteiger partial charge on any atom is 0.210 e. The number of rotatable bonds is 5. The zero-order chi connectivity index (χ0) is 11.3. The van der Waals surface area contributed by atoms with Crippen molar-refractivity contribution in [1.29, 1.82) is 0 Å². The standard InChI is InChI=1S/C7H13N5O2S/c1-9-6-4-10-5-7(12-6)11-2-3-15(8,13)14/h4-5H,2-3H2,1H3,(H2,8,13,14)(H2,9,11,12). The number of primary sulfonamides is 1. The average Bonchev–Trinajstić information content (AvgIpc) is 2.16. The van der Waals surface area contributed by atoms with Gasteiger partial charge in [0, 0.05) is 13.6 Å². The average molecular weight is 231 g/mol. The van der Waals surface area contributed by atoms with E-state index in [0.717, 1.165) is 0 Å². The molecule has 0 aliphatic heterocycles. The van der Waals surface area contributed by atoms with Gasteiger partial charge in [-0.3, -0.25) is 4.98 Å². The molecule has 1 rings (SSSR count). The summed E-state index contributed by atoms with van der Waals surface area (Å²) in [4.78, 5) is 7.99. The van der Waals surface area contributed by atoms with Crippen molar-refractivity contribution >= 4 is 21.7 Å². The first-order valence-electron chi connectivity index (χ1n) is 4.25. The van der Waals surface area contributed by atoms with Crippen LogP contribution in [0.1, 0.15) is 0 Å². The number of nitrogens with zero attached hydrogens (tertiary/aromatic N) is 2. The molecule has 1 heterocycles. The van der Waals surface area contributed by atoms with Gasteiger partial charge in [0.15, 0.2) is 0 Å². The SMILES string of the molecule is CNc1cncc(NCCS(N)(=O)=O)n1. The lowest BCUT2D eigenvalue weighted by Gasteiger charge is -2.05. The van der Waals surface area contributed by atoms with Gasteiger partial charge in [-0.25, -0.2) is 18.5 Å². The van der Waals surface area contributed by atoms with Crippen molar-refractivity contribution in [2.45, 2.75) is 0 Å². The molecular weight excluding hydrogens is 218 g/mol. The van der Waals surface area contributed by atoms with Crippen LogP contribution in [0.15, 0.2) is 12.4 Å². The summed E-state index contributed by atoms with van der Waals surface area (Å²) >= 11 is 0. The molecule has 7 nitrogen and oxygen atoms in total. The van der Waals surface area contributed by atoms with Crippen LogP contribution in [0.25, 0.3) is 0 Å². The minimum atomic E-state index is -3.44. The van der Waals surface area contributed by atoms with Crippen molar-refractivity contribution in [1.82, 2.24) is 9.97 Å². The highest BCUT2D eigenvalue weighted by atomic mass is 32.2. The van der Waals surface area contributed by atoms with Crippen molar-refractivity contribution in [3.63, 3.8) is 0 Å². The quantitative estimate of drug-likeness (QED) is 0.613. The largest absolute Gasteiger partial charge is 0.372 e. The van der Waals surface area contributed by atoms with Crippen LogP contribution in [-0.4, -0.2) is 37.7 Å². The Labute approximate surface area is 88.2 Å². The molecule has 0 unspecified atom stereocenters. The molecule has 0 saturated carbocycles. The molecule has 15 heavy (non-hydrogen) atoms. The Kier molecular flexibility index (Phi) is 3.81. The van der Waals surface area contributed by atoms with E-state index in [9.17, 15) is 8.42 Å². The molecule has 1 aromatic heterocycles. The smallest absolute Gasteiger partial charge is 0.210 e. The molecule has 0 fully saturated rings. The van der Waals surface area contributed by atoms with E-state index in [2.05, 4.69) is 20.6 Å². The monoisotopic (exact) mass is 231 g/mol. The predicted molar refractivity (Wildman–Crippen MR) is 58.0 cm³/mol. The second-order valence-corrected chi connectivity index (χ2v) is 4.57. The van der Waals surface area contributed by atoms with E-state index in [1.54, 1.807) is 13.2 Å². The van der Waals surface area contributed by atoms with E-state index in [4.69, 9.17) is 5.14 Å². The van der Waals surface area contributed by atoms with Crippen LogP contribution in [0.5, 0.6) is 0 Å². The van der Waals surface area contributed by atoms with Crippen LogP contribution in [0.4, 0.5) is 11.6 Å².